The van der Waals surface area contributed by atoms with Gasteiger partial charge < -0.3 is 5.11 Å². The normalized spacial score (nSPS) is 19.1. The molecule has 13 heavy (non-hydrogen) atoms. The number of rotatable bonds is 3. The number of carboxylic acid groups (broad SMARTS) is 1. The first kappa shape index (κ1) is 9.96. The summed E-state index contributed by atoms with van der Waals surface area (Å²) in [6.45, 7) is 0. The van der Waals surface area contributed by atoms with Gasteiger partial charge in [0.25, 0.3) is 0 Å². The molecule has 72 valence electrons. The van der Waals surface area contributed by atoms with Crippen molar-refractivity contribution in [3.05, 3.63) is 12.2 Å². The Morgan fingerprint density at radius 3 is 2.23 bits per heavy atom. The van der Waals surface area contributed by atoms with Gasteiger partial charge in [0.1, 0.15) is 0 Å². The van der Waals surface area contributed by atoms with Gasteiger partial charge in [0.2, 0.25) is 0 Å². The van der Waals surface area contributed by atoms with E-state index >= 15 is 0 Å². The molecule has 0 radical (unpaired) electrons. The minimum Gasteiger partial charge on any atom is -0.478 e. The monoisotopic (exact) mass is 182 g/mol. The molecule has 0 unspecified atom stereocenters. The van der Waals surface area contributed by atoms with Gasteiger partial charge in [0, 0.05) is 12.0 Å². The number of hydrogen-bond donors (Lipinski definition) is 1. The van der Waals surface area contributed by atoms with Crippen LogP contribution in [0.3, 0.4) is 0 Å². The van der Waals surface area contributed by atoms with Gasteiger partial charge in [-0.3, -0.25) is 4.79 Å². The Hall–Kier alpha value is -1.12. The second kappa shape index (κ2) is 4.80. The molecule has 1 fully saturated rings. The summed E-state index contributed by atoms with van der Waals surface area (Å²) in [5.74, 6) is -1.00. The van der Waals surface area contributed by atoms with E-state index < -0.39 is 5.97 Å². The Kier molecular flexibility index (Phi) is 3.68. The molecule has 3 heteroatoms. The van der Waals surface area contributed by atoms with Crippen LogP contribution in [0.1, 0.15) is 32.1 Å². The maximum atomic E-state index is 11.4. The third-order valence-corrected chi connectivity index (χ3v) is 2.40. The molecule has 0 aromatic rings. The molecule has 3 nitrogen and oxygen atoms in total. The van der Waals surface area contributed by atoms with Crippen molar-refractivity contribution in [2.24, 2.45) is 5.92 Å². The highest BCUT2D eigenvalue weighted by atomic mass is 16.4. The Morgan fingerprint density at radius 1 is 1.08 bits per heavy atom. The summed E-state index contributed by atoms with van der Waals surface area (Å²) in [7, 11) is 0. The molecule has 1 N–H and O–H groups in total. The van der Waals surface area contributed by atoms with E-state index in [1.165, 1.54) is 12.5 Å². The van der Waals surface area contributed by atoms with Crippen LogP contribution in [0.4, 0.5) is 0 Å². The SMILES string of the molecule is O=C(O)C=CC(=O)C1CCCCC1. The fourth-order valence-electron chi connectivity index (χ4n) is 1.68. The summed E-state index contributed by atoms with van der Waals surface area (Å²) in [6.07, 6.45) is 7.35. The topological polar surface area (TPSA) is 54.4 Å². The predicted molar refractivity (Wildman–Crippen MR) is 48.4 cm³/mol. The van der Waals surface area contributed by atoms with Crippen LogP contribution in [0, 0.1) is 5.92 Å². The van der Waals surface area contributed by atoms with E-state index in [2.05, 4.69) is 0 Å². The van der Waals surface area contributed by atoms with Crippen molar-refractivity contribution in [3.8, 4) is 0 Å². The number of allylic oxidation sites excluding steroid dienone is 1. The summed E-state index contributed by atoms with van der Waals surface area (Å²) in [4.78, 5) is 21.5. The Balaban J connectivity index is 2.41. The van der Waals surface area contributed by atoms with Crippen LogP contribution in [0.2, 0.25) is 0 Å². The summed E-state index contributed by atoms with van der Waals surface area (Å²) in [6, 6.07) is 0. The van der Waals surface area contributed by atoms with Crippen molar-refractivity contribution >= 4 is 11.8 Å². The van der Waals surface area contributed by atoms with Gasteiger partial charge in [0.15, 0.2) is 5.78 Å². The van der Waals surface area contributed by atoms with Crippen LogP contribution in [0.25, 0.3) is 0 Å². The first-order valence-electron chi connectivity index (χ1n) is 4.65. The molecular formula is C10H14O3. The zero-order valence-corrected chi connectivity index (χ0v) is 7.53. The molecule has 0 amide bonds. The van der Waals surface area contributed by atoms with Gasteiger partial charge in [-0.05, 0) is 18.9 Å². The van der Waals surface area contributed by atoms with E-state index in [0.717, 1.165) is 31.8 Å². The lowest BCUT2D eigenvalue weighted by Crippen LogP contribution is -2.15. The highest BCUT2D eigenvalue weighted by molar-refractivity contribution is 5.96. The smallest absolute Gasteiger partial charge is 0.328 e. The lowest BCUT2D eigenvalue weighted by Gasteiger charge is -2.18. The van der Waals surface area contributed by atoms with E-state index in [1.54, 1.807) is 0 Å². The molecule has 0 aromatic carbocycles. The average Bonchev–Trinajstić information content (AvgIpc) is 2.15. The fourth-order valence-corrected chi connectivity index (χ4v) is 1.68. The summed E-state index contributed by atoms with van der Waals surface area (Å²) in [5.41, 5.74) is 0. The molecule has 0 bridgehead atoms. The second-order valence-electron chi connectivity index (χ2n) is 3.41. The van der Waals surface area contributed by atoms with Crippen LogP contribution in [0.15, 0.2) is 12.2 Å². The van der Waals surface area contributed by atoms with E-state index in [9.17, 15) is 9.59 Å². The summed E-state index contributed by atoms with van der Waals surface area (Å²) < 4.78 is 0. The van der Waals surface area contributed by atoms with Crippen LogP contribution in [-0.4, -0.2) is 16.9 Å². The number of carbonyl (C=O) groups is 2. The van der Waals surface area contributed by atoms with Crippen LogP contribution in [0.5, 0.6) is 0 Å². The second-order valence-corrected chi connectivity index (χ2v) is 3.41. The third-order valence-electron chi connectivity index (χ3n) is 2.40. The van der Waals surface area contributed by atoms with E-state index in [4.69, 9.17) is 5.11 Å². The van der Waals surface area contributed by atoms with E-state index in [0.29, 0.717) is 0 Å². The highest BCUT2D eigenvalue weighted by Gasteiger charge is 2.18. The molecule has 0 saturated heterocycles. The Bertz CT molecular complexity index is 224. The molecule has 1 aliphatic carbocycles. The summed E-state index contributed by atoms with van der Waals surface area (Å²) in [5, 5.41) is 8.32. The maximum absolute atomic E-state index is 11.4. The molecule has 0 heterocycles. The molecular weight excluding hydrogens is 168 g/mol. The van der Waals surface area contributed by atoms with E-state index in [1.807, 2.05) is 0 Å². The minimum atomic E-state index is -1.05. The minimum absolute atomic E-state index is 0.0258. The summed E-state index contributed by atoms with van der Waals surface area (Å²) >= 11 is 0. The molecule has 0 aromatic heterocycles. The zero-order valence-electron chi connectivity index (χ0n) is 7.53. The molecule has 1 saturated carbocycles. The first-order chi connectivity index (χ1) is 6.20. The molecule has 1 aliphatic rings. The fraction of sp³-hybridized carbons (Fsp3) is 0.600. The van der Waals surface area contributed by atoms with Crippen LogP contribution < -0.4 is 0 Å². The maximum Gasteiger partial charge on any atom is 0.328 e. The van der Waals surface area contributed by atoms with Crippen molar-refractivity contribution in [1.82, 2.24) is 0 Å². The average molecular weight is 182 g/mol. The van der Waals surface area contributed by atoms with Gasteiger partial charge in [-0.1, -0.05) is 19.3 Å². The molecule has 0 aliphatic heterocycles. The number of ketones is 1. The third kappa shape index (κ3) is 3.40. The Labute approximate surface area is 77.4 Å². The quantitative estimate of drug-likeness (QED) is 0.677. The zero-order chi connectivity index (χ0) is 9.68. The van der Waals surface area contributed by atoms with Crippen molar-refractivity contribution in [1.29, 1.82) is 0 Å². The van der Waals surface area contributed by atoms with Gasteiger partial charge in [-0.15, -0.1) is 0 Å². The first-order valence-corrected chi connectivity index (χ1v) is 4.65. The number of aliphatic carboxylic acids is 1. The Morgan fingerprint density at radius 2 is 1.69 bits per heavy atom. The van der Waals surface area contributed by atoms with Crippen molar-refractivity contribution in [2.75, 3.05) is 0 Å². The number of carboxylic acids is 1. The lowest BCUT2D eigenvalue weighted by molar-refractivity contribution is -0.131. The lowest BCUT2D eigenvalue weighted by atomic mass is 9.86. The van der Waals surface area contributed by atoms with Crippen LogP contribution in [-0.2, 0) is 9.59 Å². The van der Waals surface area contributed by atoms with Gasteiger partial charge in [-0.25, -0.2) is 4.79 Å². The van der Waals surface area contributed by atoms with Gasteiger partial charge in [-0.2, -0.15) is 0 Å². The van der Waals surface area contributed by atoms with E-state index in [-0.39, 0.29) is 11.7 Å². The van der Waals surface area contributed by atoms with Crippen LogP contribution >= 0.6 is 0 Å². The molecule has 0 atom stereocenters. The predicted octanol–water partition coefficient (Wildman–Crippen LogP) is 1.78. The van der Waals surface area contributed by atoms with Gasteiger partial charge in [0.05, 0.1) is 0 Å². The van der Waals surface area contributed by atoms with Crippen molar-refractivity contribution in [3.63, 3.8) is 0 Å². The highest BCUT2D eigenvalue weighted by Crippen LogP contribution is 2.24. The number of carbonyl (C=O) groups excluding carboxylic acids is 1. The van der Waals surface area contributed by atoms with Gasteiger partial charge >= 0.3 is 5.97 Å². The standard InChI is InChI=1S/C10H14O3/c11-9(6-7-10(12)13)8-4-2-1-3-5-8/h6-8H,1-5H2,(H,12,13). The molecule has 1 rings (SSSR count). The van der Waals surface area contributed by atoms with Crippen molar-refractivity contribution < 1.29 is 14.7 Å². The number of hydrogen-bond acceptors (Lipinski definition) is 2. The van der Waals surface area contributed by atoms with Crippen molar-refractivity contribution in [2.45, 2.75) is 32.1 Å². The largest absolute Gasteiger partial charge is 0.478 e. The molecule has 0 spiro atoms.